The molecule has 17 nitrogen and oxygen atoms in total. The summed E-state index contributed by atoms with van der Waals surface area (Å²) in [6.45, 7) is 11.8. The Labute approximate surface area is 573 Å². The number of allylic oxidation sites excluding steroid dienone is 4. The van der Waals surface area contributed by atoms with Gasteiger partial charge in [-0.2, -0.15) is 0 Å². The highest BCUT2D eigenvalue weighted by atomic mass is 31.2. The zero-order chi connectivity index (χ0) is 69.4. The predicted octanol–water partition coefficient (Wildman–Crippen LogP) is 21.3. The van der Waals surface area contributed by atoms with E-state index in [1.54, 1.807) is 0 Å². The van der Waals surface area contributed by atoms with E-state index in [1.165, 1.54) is 141 Å². The van der Waals surface area contributed by atoms with Gasteiger partial charge in [-0.25, -0.2) is 9.13 Å². The van der Waals surface area contributed by atoms with E-state index in [0.717, 1.165) is 133 Å². The van der Waals surface area contributed by atoms with Crippen molar-refractivity contribution in [1.82, 2.24) is 0 Å². The topological polar surface area (TPSA) is 237 Å². The van der Waals surface area contributed by atoms with Gasteiger partial charge in [-0.3, -0.25) is 37.3 Å². The zero-order valence-electron chi connectivity index (χ0n) is 60.9. The summed E-state index contributed by atoms with van der Waals surface area (Å²) in [5, 5.41) is 10.6. The fourth-order valence-electron chi connectivity index (χ4n) is 10.9. The van der Waals surface area contributed by atoms with Crippen LogP contribution in [0, 0.1) is 17.8 Å². The van der Waals surface area contributed by atoms with Crippen molar-refractivity contribution in [2.75, 3.05) is 39.6 Å². The first kappa shape index (κ1) is 91.5. The smallest absolute Gasteiger partial charge is 0.462 e. The number of carbonyl (C=O) groups is 4. The highest BCUT2D eigenvalue weighted by molar-refractivity contribution is 7.47. The van der Waals surface area contributed by atoms with Crippen LogP contribution >= 0.6 is 15.6 Å². The maximum atomic E-state index is 13.1. The van der Waals surface area contributed by atoms with Gasteiger partial charge in [0.15, 0.2) is 12.2 Å². The Bertz CT molecular complexity index is 1930. The summed E-state index contributed by atoms with van der Waals surface area (Å²) in [6, 6.07) is 0. The van der Waals surface area contributed by atoms with Crippen LogP contribution in [0.25, 0.3) is 0 Å². The van der Waals surface area contributed by atoms with Crippen molar-refractivity contribution < 1.29 is 80.2 Å². The van der Waals surface area contributed by atoms with E-state index >= 15 is 0 Å². The predicted molar refractivity (Wildman–Crippen MR) is 381 cm³/mol. The van der Waals surface area contributed by atoms with Gasteiger partial charge in [-0.15, -0.1) is 0 Å². The molecule has 0 aromatic carbocycles. The molecule has 0 fully saturated rings. The van der Waals surface area contributed by atoms with Crippen LogP contribution in [0.1, 0.15) is 357 Å². The molecule has 0 aromatic heterocycles. The number of unbranched alkanes of at least 4 members (excludes halogenated alkanes) is 35. The summed E-state index contributed by atoms with van der Waals surface area (Å²) in [6.07, 6.45) is 53.5. The third-order valence-corrected chi connectivity index (χ3v) is 19.0. The van der Waals surface area contributed by atoms with Crippen LogP contribution in [-0.2, 0) is 65.4 Å². The zero-order valence-corrected chi connectivity index (χ0v) is 62.7. The van der Waals surface area contributed by atoms with Crippen molar-refractivity contribution in [3.05, 3.63) is 24.3 Å². The molecule has 0 bridgehead atoms. The van der Waals surface area contributed by atoms with Gasteiger partial charge < -0.3 is 33.8 Å². The van der Waals surface area contributed by atoms with Crippen LogP contribution < -0.4 is 0 Å². The van der Waals surface area contributed by atoms with Crippen molar-refractivity contribution in [2.24, 2.45) is 17.8 Å². The number of phosphoric ester groups is 2. The number of ether oxygens (including phenoxy) is 4. The first-order valence-electron chi connectivity index (χ1n) is 38.2. The van der Waals surface area contributed by atoms with Gasteiger partial charge in [0.1, 0.15) is 19.3 Å². The second kappa shape index (κ2) is 65.2. The summed E-state index contributed by atoms with van der Waals surface area (Å²) < 4.78 is 68.4. The molecule has 0 aromatic rings. The summed E-state index contributed by atoms with van der Waals surface area (Å²) >= 11 is 0. The number of esters is 4. The van der Waals surface area contributed by atoms with Gasteiger partial charge in [0.2, 0.25) is 0 Å². The maximum Gasteiger partial charge on any atom is 0.472 e. The van der Waals surface area contributed by atoms with E-state index in [9.17, 15) is 43.2 Å². The van der Waals surface area contributed by atoms with Crippen molar-refractivity contribution >= 4 is 39.5 Å². The van der Waals surface area contributed by atoms with Crippen molar-refractivity contribution in [2.45, 2.75) is 375 Å². The van der Waals surface area contributed by atoms with Gasteiger partial charge in [0, 0.05) is 25.7 Å². The van der Waals surface area contributed by atoms with Crippen molar-refractivity contribution in [3.8, 4) is 0 Å². The Balaban J connectivity index is 5.30. The summed E-state index contributed by atoms with van der Waals surface area (Å²) in [5.41, 5.74) is 0. The van der Waals surface area contributed by atoms with Crippen LogP contribution in [0.5, 0.6) is 0 Å². The molecule has 0 aliphatic rings. The van der Waals surface area contributed by atoms with E-state index in [4.69, 9.17) is 37.0 Å². The molecule has 0 spiro atoms. The SMILES string of the molecule is CCCCCC/C=C\C=C/CCCCCCCC(=O)OC[C@H](COP(=O)(O)OC[C@@H](O)COP(=O)(O)OC[C@@H](COC(=O)CCCCCCCCC(C)CC)OC(=O)CCCCCCCCCCCCCC(C)C)OC(=O)CCCCCCCCCCCCCCC(C)C. The highest BCUT2D eigenvalue weighted by Crippen LogP contribution is 2.45. The lowest BCUT2D eigenvalue weighted by atomic mass is 10.00. The summed E-state index contributed by atoms with van der Waals surface area (Å²) in [7, 11) is -9.92. The lowest BCUT2D eigenvalue weighted by Gasteiger charge is -2.21. The van der Waals surface area contributed by atoms with Gasteiger partial charge >= 0.3 is 39.5 Å². The Kier molecular flexibility index (Phi) is 63.5. The molecule has 0 heterocycles. The number of aliphatic hydroxyl groups is 1. The number of rotatable bonds is 71. The largest absolute Gasteiger partial charge is 0.472 e. The number of carbonyl (C=O) groups excluding carboxylic acids is 4. The molecule has 19 heteroatoms. The monoisotopic (exact) mass is 1380 g/mol. The molecule has 0 saturated carbocycles. The van der Waals surface area contributed by atoms with Gasteiger partial charge in [0.05, 0.1) is 26.4 Å². The second-order valence-corrected chi connectivity index (χ2v) is 30.5. The van der Waals surface area contributed by atoms with Gasteiger partial charge in [-0.1, -0.05) is 304 Å². The molecule has 3 N–H and O–H groups in total. The lowest BCUT2D eigenvalue weighted by molar-refractivity contribution is -0.161. The van der Waals surface area contributed by atoms with E-state index in [2.05, 4.69) is 72.8 Å². The molecule has 6 atom stereocenters. The van der Waals surface area contributed by atoms with Crippen LogP contribution in [0.4, 0.5) is 0 Å². The Hall–Kier alpha value is -2.46. The molecule has 0 rings (SSSR count). The van der Waals surface area contributed by atoms with Gasteiger partial charge in [0.25, 0.3) is 0 Å². The lowest BCUT2D eigenvalue weighted by Crippen LogP contribution is -2.30. The second-order valence-electron chi connectivity index (χ2n) is 27.5. The first-order valence-corrected chi connectivity index (χ1v) is 41.2. The quantitative estimate of drug-likeness (QED) is 0.0169. The fraction of sp³-hybridized carbons (Fsp3) is 0.893. The molecule has 0 amide bonds. The molecule has 554 valence electrons. The van der Waals surface area contributed by atoms with Crippen LogP contribution in [0.15, 0.2) is 24.3 Å². The normalized spacial score (nSPS) is 14.6. The van der Waals surface area contributed by atoms with Gasteiger partial charge in [-0.05, 0) is 69.1 Å². The minimum atomic E-state index is -4.96. The molecule has 0 radical (unpaired) electrons. The van der Waals surface area contributed by atoms with Crippen LogP contribution in [-0.4, -0.2) is 96.7 Å². The molecule has 3 unspecified atom stereocenters. The molecule has 0 aliphatic carbocycles. The average Bonchev–Trinajstić information content (AvgIpc) is 2.15. The summed E-state index contributed by atoms with van der Waals surface area (Å²) in [4.78, 5) is 72.8. The van der Waals surface area contributed by atoms with E-state index in [1.807, 2.05) is 0 Å². The van der Waals surface area contributed by atoms with E-state index < -0.39 is 97.5 Å². The number of hydrogen-bond donors (Lipinski definition) is 3. The van der Waals surface area contributed by atoms with Crippen molar-refractivity contribution in [1.29, 1.82) is 0 Å². The maximum absolute atomic E-state index is 13.1. The minimum Gasteiger partial charge on any atom is -0.462 e. The van der Waals surface area contributed by atoms with Crippen LogP contribution in [0.2, 0.25) is 0 Å². The molecule has 0 aliphatic heterocycles. The number of aliphatic hydroxyl groups excluding tert-OH is 1. The molecular formula is C75H142O17P2. The molecule has 0 saturated heterocycles. The van der Waals surface area contributed by atoms with Crippen LogP contribution in [0.3, 0.4) is 0 Å². The first-order chi connectivity index (χ1) is 45.3. The average molecular weight is 1380 g/mol. The molecule has 94 heavy (non-hydrogen) atoms. The standard InChI is InChI=1S/C75H142O17P2/c1-8-10-11-12-13-14-15-16-17-18-24-29-34-42-49-56-72(77)85-62-70(91-74(79)58-51-44-35-30-25-20-19-22-27-32-39-46-53-66(3)4)64-89-93(81,82)87-60-69(76)61-88-94(83,84)90-65-71(63-86-73(78)57-50-43-38-37-41-48-55-68(7)9-2)92-75(80)59-52-45-36-31-26-21-23-28-33-40-47-54-67(5)6/h14-17,66-71,76H,8-13,18-65H2,1-7H3,(H,81,82)(H,83,84)/b15-14-,17-16-/t68?,69-,70-,71-/m1/s1. The van der Waals surface area contributed by atoms with E-state index in [0.29, 0.717) is 25.7 Å². The summed E-state index contributed by atoms with van der Waals surface area (Å²) in [5.74, 6) is 0.117. The Morgan fingerprint density at radius 3 is 0.947 bits per heavy atom. The third kappa shape index (κ3) is 66.8. The number of phosphoric acid groups is 2. The highest BCUT2D eigenvalue weighted by Gasteiger charge is 2.30. The molecular weight excluding hydrogens is 1230 g/mol. The third-order valence-electron chi connectivity index (χ3n) is 17.1. The van der Waals surface area contributed by atoms with E-state index in [-0.39, 0.29) is 25.7 Å². The number of hydrogen-bond acceptors (Lipinski definition) is 15. The minimum absolute atomic E-state index is 0.0995. The van der Waals surface area contributed by atoms with Crippen molar-refractivity contribution in [3.63, 3.8) is 0 Å². The Morgan fingerprint density at radius 1 is 0.351 bits per heavy atom. The fourth-order valence-corrected chi connectivity index (χ4v) is 12.4. The Morgan fingerprint density at radius 2 is 0.628 bits per heavy atom.